The molecular weight excluding hydrogens is 344 g/mol. The lowest BCUT2D eigenvalue weighted by molar-refractivity contribution is -0.139. The third-order valence-corrected chi connectivity index (χ3v) is 4.66. The Labute approximate surface area is 147 Å². The van der Waals surface area contributed by atoms with Crippen LogP contribution in [0.5, 0.6) is 0 Å². The number of aliphatic hydroxyl groups is 1. The number of nitrogens with one attached hydrogen (secondary N) is 2. The summed E-state index contributed by atoms with van der Waals surface area (Å²) in [7, 11) is 0. The lowest BCUT2D eigenvalue weighted by atomic mass is 9.94. The van der Waals surface area contributed by atoms with Crippen molar-refractivity contribution in [3.63, 3.8) is 0 Å². The molecule has 0 saturated heterocycles. The highest BCUT2D eigenvalue weighted by molar-refractivity contribution is 7.10. The van der Waals surface area contributed by atoms with E-state index in [1.807, 2.05) is 5.38 Å². The van der Waals surface area contributed by atoms with Crippen molar-refractivity contribution in [1.29, 1.82) is 0 Å². The molecule has 0 bridgehead atoms. The van der Waals surface area contributed by atoms with E-state index in [0.717, 1.165) is 0 Å². The molecule has 3 aromatic heterocycles. The Morgan fingerprint density at radius 1 is 1.12 bits per heavy atom. The molecule has 130 valence electrons. The van der Waals surface area contributed by atoms with Gasteiger partial charge in [0.15, 0.2) is 0 Å². The standard InChI is InChI=1S/C17H16N2O5S/c20-15(18-9-13-3-1-6-24-13)16(21)19-11-17(22,12-5-7-23-10-12)14-4-2-8-25-14/h1-8,10,22H,9,11H2,(H,18,20)(H,19,21)/t17-/m0/s1. The molecule has 0 aliphatic rings. The van der Waals surface area contributed by atoms with Gasteiger partial charge >= 0.3 is 11.8 Å². The number of amides is 2. The summed E-state index contributed by atoms with van der Waals surface area (Å²) in [4.78, 5) is 24.5. The zero-order chi connectivity index (χ0) is 17.7. The second kappa shape index (κ2) is 7.37. The first-order chi connectivity index (χ1) is 12.1. The highest BCUT2D eigenvalue weighted by Gasteiger charge is 2.34. The Balaban J connectivity index is 1.63. The number of thiophene rings is 1. The summed E-state index contributed by atoms with van der Waals surface area (Å²) in [6, 6.07) is 8.53. The average Bonchev–Trinajstić information content (AvgIpc) is 3.38. The van der Waals surface area contributed by atoms with Crippen molar-refractivity contribution in [3.05, 3.63) is 70.7 Å². The third kappa shape index (κ3) is 3.81. The zero-order valence-electron chi connectivity index (χ0n) is 13.1. The molecule has 0 unspecified atom stereocenters. The number of carbonyl (C=O) groups excluding carboxylic acids is 2. The minimum Gasteiger partial charge on any atom is -0.472 e. The molecule has 25 heavy (non-hydrogen) atoms. The Bertz CT molecular complexity index is 775. The zero-order valence-corrected chi connectivity index (χ0v) is 13.9. The van der Waals surface area contributed by atoms with Gasteiger partial charge in [-0.2, -0.15) is 0 Å². The first-order valence-electron chi connectivity index (χ1n) is 7.47. The number of hydrogen-bond acceptors (Lipinski definition) is 6. The summed E-state index contributed by atoms with van der Waals surface area (Å²) in [5, 5.41) is 17.8. The van der Waals surface area contributed by atoms with Gasteiger partial charge in [0, 0.05) is 10.4 Å². The van der Waals surface area contributed by atoms with Gasteiger partial charge < -0.3 is 24.6 Å². The van der Waals surface area contributed by atoms with Gasteiger partial charge in [-0.1, -0.05) is 6.07 Å². The predicted molar refractivity (Wildman–Crippen MR) is 89.6 cm³/mol. The number of furan rings is 2. The van der Waals surface area contributed by atoms with E-state index in [-0.39, 0.29) is 13.1 Å². The van der Waals surface area contributed by atoms with E-state index in [1.54, 1.807) is 30.3 Å². The van der Waals surface area contributed by atoms with Crippen molar-refractivity contribution < 1.29 is 23.5 Å². The van der Waals surface area contributed by atoms with Crippen LogP contribution < -0.4 is 10.6 Å². The van der Waals surface area contributed by atoms with Gasteiger partial charge in [-0.3, -0.25) is 9.59 Å². The predicted octanol–water partition coefficient (Wildman–Crippen LogP) is 1.60. The van der Waals surface area contributed by atoms with Crippen molar-refractivity contribution in [1.82, 2.24) is 10.6 Å². The van der Waals surface area contributed by atoms with Crippen LogP contribution in [-0.2, 0) is 21.7 Å². The minimum atomic E-state index is -1.47. The van der Waals surface area contributed by atoms with Crippen LogP contribution >= 0.6 is 11.3 Å². The molecule has 3 rings (SSSR count). The van der Waals surface area contributed by atoms with Gasteiger partial charge in [0.25, 0.3) is 0 Å². The number of rotatable bonds is 6. The van der Waals surface area contributed by atoms with Crippen LogP contribution in [0.1, 0.15) is 16.2 Å². The van der Waals surface area contributed by atoms with Crippen LogP contribution in [0.15, 0.2) is 63.3 Å². The van der Waals surface area contributed by atoms with E-state index < -0.39 is 17.4 Å². The molecule has 7 nitrogen and oxygen atoms in total. The molecule has 3 aromatic rings. The van der Waals surface area contributed by atoms with Crippen molar-refractivity contribution in [2.24, 2.45) is 0 Å². The summed E-state index contributed by atoms with van der Waals surface area (Å²) in [5.41, 5.74) is -0.982. The largest absolute Gasteiger partial charge is 0.472 e. The highest BCUT2D eigenvalue weighted by atomic mass is 32.1. The Morgan fingerprint density at radius 3 is 2.60 bits per heavy atom. The molecule has 0 saturated carbocycles. The van der Waals surface area contributed by atoms with E-state index >= 15 is 0 Å². The average molecular weight is 360 g/mol. The number of hydrogen-bond donors (Lipinski definition) is 3. The van der Waals surface area contributed by atoms with Crippen LogP contribution in [0.2, 0.25) is 0 Å². The second-order valence-corrected chi connectivity index (χ2v) is 6.24. The molecule has 0 aliphatic heterocycles. The Kier molecular flexibility index (Phi) is 5.01. The quantitative estimate of drug-likeness (QED) is 0.579. The molecule has 8 heteroatoms. The SMILES string of the molecule is O=C(NCc1ccco1)C(=O)NC[C@](O)(c1ccoc1)c1cccs1. The molecular formula is C17H16N2O5S. The molecule has 0 spiro atoms. The fraction of sp³-hybridized carbons (Fsp3) is 0.176. The molecule has 0 radical (unpaired) electrons. The molecule has 1 atom stereocenters. The van der Waals surface area contributed by atoms with E-state index in [1.165, 1.54) is 30.1 Å². The van der Waals surface area contributed by atoms with E-state index in [9.17, 15) is 14.7 Å². The molecule has 0 aromatic carbocycles. The van der Waals surface area contributed by atoms with Gasteiger partial charge in [0.05, 0.1) is 31.9 Å². The Hall–Kier alpha value is -2.84. The van der Waals surface area contributed by atoms with Crippen molar-refractivity contribution >= 4 is 23.2 Å². The summed E-state index contributed by atoms with van der Waals surface area (Å²) in [5.74, 6) is -1.11. The van der Waals surface area contributed by atoms with Gasteiger partial charge in [-0.15, -0.1) is 11.3 Å². The topological polar surface area (TPSA) is 105 Å². The van der Waals surface area contributed by atoms with Gasteiger partial charge in [-0.25, -0.2) is 0 Å². The van der Waals surface area contributed by atoms with Crippen LogP contribution in [0.3, 0.4) is 0 Å². The van der Waals surface area contributed by atoms with Crippen LogP contribution in [0.25, 0.3) is 0 Å². The second-order valence-electron chi connectivity index (χ2n) is 5.29. The normalized spacial score (nSPS) is 13.2. The molecule has 0 fully saturated rings. The lowest BCUT2D eigenvalue weighted by Gasteiger charge is -2.26. The van der Waals surface area contributed by atoms with Crippen LogP contribution in [0, 0.1) is 0 Å². The number of carbonyl (C=O) groups is 2. The van der Waals surface area contributed by atoms with Gasteiger partial charge in [-0.05, 0) is 29.6 Å². The van der Waals surface area contributed by atoms with Crippen molar-refractivity contribution in [2.75, 3.05) is 6.54 Å². The van der Waals surface area contributed by atoms with E-state index in [4.69, 9.17) is 8.83 Å². The summed E-state index contributed by atoms with van der Waals surface area (Å²) in [6.45, 7) is -0.0593. The summed E-state index contributed by atoms with van der Waals surface area (Å²) >= 11 is 1.34. The molecule has 3 heterocycles. The van der Waals surface area contributed by atoms with Crippen molar-refractivity contribution in [2.45, 2.75) is 12.1 Å². The van der Waals surface area contributed by atoms with Crippen LogP contribution in [-0.4, -0.2) is 23.5 Å². The molecule has 3 N–H and O–H groups in total. The van der Waals surface area contributed by atoms with E-state index in [2.05, 4.69) is 10.6 Å². The fourth-order valence-corrected chi connectivity index (χ4v) is 3.14. The van der Waals surface area contributed by atoms with Gasteiger partial charge in [0.2, 0.25) is 0 Å². The summed E-state index contributed by atoms with van der Waals surface area (Å²) in [6.07, 6.45) is 4.32. The monoisotopic (exact) mass is 360 g/mol. The lowest BCUT2D eigenvalue weighted by Crippen LogP contribution is -2.46. The van der Waals surface area contributed by atoms with Gasteiger partial charge in [0.1, 0.15) is 11.4 Å². The fourth-order valence-electron chi connectivity index (χ4n) is 2.29. The smallest absolute Gasteiger partial charge is 0.309 e. The maximum absolute atomic E-state index is 12.0. The first-order valence-corrected chi connectivity index (χ1v) is 8.35. The summed E-state index contributed by atoms with van der Waals surface area (Å²) < 4.78 is 10.1. The maximum Gasteiger partial charge on any atom is 0.309 e. The molecule has 0 aliphatic carbocycles. The van der Waals surface area contributed by atoms with Crippen molar-refractivity contribution in [3.8, 4) is 0 Å². The highest BCUT2D eigenvalue weighted by Crippen LogP contribution is 2.32. The molecule has 2 amide bonds. The maximum atomic E-state index is 12.0. The third-order valence-electron chi connectivity index (χ3n) is 3.64. The van der Waals surface area contributed by atoms with E-state index in [0.29, 0.717) is 16.2 Å². The Morgan fingerprint density at radius 2 is 1.96 bits per heavy atom. The first kappa shape index (κ1) is 17.0. The van der Waals surface area contributed by atoms with Crippen LogP contribution in [0.4, 0.5) is 0 Å². The minimum absolute atomic E-state index is 0.107.